The van der Waals surface area contributed by atoms with Gasteiger partial charge in [0.25, 0.3) is 11.5 Å². The summed E-state index contributed by atoms with van der Waals surface area (Å²) in [6.07, 6.45) is 2.73. The minimum atomic E-state index is -0.530. The van der Waals surface area contributed by atoms with Gasteiger partial charge < -0.3 is 14.8 Å². The van der Waals surface area contributed by atoms with E-state index in [1.807, 2.05) is 0 Å². The highest BCUT2D eigenvalue weighted by Crippen LogP contribution is 2.16. The third-order valence-electron chi connectivity index (χ3n) is 4.51. The maximum Gasteiger partial charge on any atom is 0.256 e. The fourth-order valence-corrected chi connectivity index (χ4v) is 3.46. The third kappa shape index (κ3) is 4.82. The predicted octanol–water partition coefficient (Wildman–Crippen LogP) is 2.17. The average Bonchev–Trinajstić information content (AvgIpc) is 2.65. The maximum absolute atomic E-state index is 13.8. The van der Waals surface area contributed by atoms with Crippen molar-refractivity contribution in [3.05, 3.63) is 68.8 Å². The zero-order valence-corrected chi connectivity index (χ0v) is 16.1. The molecule has 0 unspecified atom stereocenters. The number of rotatable bonds is 4. The van der Waals surface area contributed by atoms with Gasteiger partial charge in [-0.15, -0.1) is 0 Å². The average molecular weight is 436 g/mol. The van der Waals surface area contributed by atoms with E-state index in [4.69, 9.17) is 0 Å². The fraction of sp³-hybridized carbons (Fsp3) is 0.316. The molecule has 27 heavy (non-hydrogen) atoms. The molecule has 0 spiro atoms. The van der Waals surface area contributed by atoms with Crippen molar-refractivity contribution >= 4 is 27.7 Å². The van der Waals surface area contributed by atoms with Crippen molar-refractivity contribution in [2.24, 2.45) is 0 Å². The van der Waals surface area contributed by atoms with Crippen LogP contribution in [-0.4, -0.2) is 40.4 Å². The number of halogens is 2. The molecule has 142 valence electrons. The summed E-state index contributed by atoms with van der Waals surface area (Å²) in [7, 11) is 0. The maximum atomic E-state index is 13.8. The molecule has 0 bridgehead atoms. The first-order valence-electron chi connectivity index (χ1n) is 8.63. The lowest BCUT2D eigenvalue weighted by atomic mass is 10.0. The smallest absolute Gasteiger partial charge is 0.256 e. The largest absolute Gasteiger partial charge is 0.352 e. The quantitative estimate of drug-likeness (QED) is 0.799. The second-order valence-corrected chi connectivity index (χ2v) is 7.34. The first-order chi connectivity index (χ1) is 12.9. The molecule has 1 saturated heterocycles. The second kappa shape index (κ2) is 8.47. The van der Waals surface area contributed by atoms with Crippen LogP contribution in [0.4, 0.5) is 4.39 Å². The molecule has 1 aromatic heterocycles. The van der Waals surface area contributed by atoms with E-state index in [0.717, 1.165) is 4.47 Å². The lowest BCUT2D eigenvalue weighted by Gasteiger charge is -2.32. The van der Waals surface area contributed by atoms with Gasteiger partial charge in [0, 0.05) is 35.9 Å². The van der Waals surface area contributed by atoms with Crippen molar-refractivity contribution in [1.82, 2.24) is 14.8 Å². The Labute approximate surface area is 164 Å². The first-order valence-corrected chi connectivity index (χ1v) is 9.42. The number of carbonyl (C=O) groups is 2. The number of piperidine rings is 1. The van der Waals surface area contributed by atoms with Gasteiger partial charge >= 0.3 is 0 Å². The van der Waals surface area contributed by atoms with Crippen LogP contribution in [0.5, 0.6) is 0 Å². The van der Waals surface area contributed by atoms with E-state index in [-0.39, 0.29) is 35.5 Å². The van der Waals surface area contributed by atoms with Crippen molar-refractivity contribution < 1.29 is 14.0 Å². The number of aromatic nitrogens is 1. The minimum Gasteiger partial charge on any atom is -0.352 e. The Morgan fingerprint density at radius 3 is 2.56 bits per heavy atom. The Hall–Kier alpha value is -2.48. The summed E-state index contributed by atoms with van der Waals surface area (Å²) in [6.45, 7) is 0.816. The van der Waals surface area contributed by atoms with Crippen LogP contribution in [0.1, 0.15) is 23.2 Å². The molecule has 2 heterocycles. The van der Waals surface area contributed by atoms with Crippen molar-refractivity contribution in [3.63, 3.8) is 0 Å². The summed E-state index contributed by atoms with van der Waals surface area (Å²) in [5.41, 5.74) is -0.187. The van der Waals surface area contributed by atoms with Crippen molar-refractivity contribution in [2.75, 3.05) is 13.1 Å². The summed E-state index contributed by atoms with van der Waals surface area (Å²) >= 11 is 3.27. The number of nitrogens with zero attached hydrogens (tertiary/aromatic N) is 2. The van der Waals surface area contributed by atoms with E-state index >= 15 is 0 Å². The van der Waals surface area contributed by atoms with Gasteiger partial charge in [-0.25, -0.2) is 4.39 Å². The van der Waals surface area contributed by atoms with E-state index in [1.165, 1.54) is 22.8 Å². The number of carbonyl (C=O) groups excluding carboxylic acids is 2. The summed E-state index contributed by atoms with van der Waals surface area (Å²) in [6, 6.07) is 8.86. The molecule has 0 radical (unpaired) electrons. The number of pyridine rings is 1. The zero-order valence-electron chi connectivity index (χ0n) is 14.5. The molecule has 1 aromatic carbocycles. The molecule has 1 N–H and O–H groups in total. The lowest BCUT2D eigenvalue weighted by molar-refractivity contribution is -0.122. The van der Waals surface area contributed by atoms with Gasteiger partial charge in [0.05, 0.1) is 5.56 Å². The van der Waals surface area contributed by atoms with Crippen molar-refractivity contribution in [3.8, 4) is 0 Å². The monoisotopic (exact) mass is 435 g/mol. The van der Waals surface area contributed by atoms with E-state index in [2.05, 4.69) is 21.2 Å². The summed E-state index contributed by atoms with van der Waals surface area (Å²) in [4.78, 5) is 38.0. The molecule has 3 rings (SSSR count). The molecule has 0 aliphatic carbocycles. The van der Waals surface area contributed by atoms with Gasteiger partial charge in [0.15, 0.2) is 0 Å². The Morgan fingerprint density at radius 1 is 1.15 bits per heavy atom. The highest BCUT2D eigenvalue weighted by Gasteiger charge is 2.26. The molecule has 6 nitrogen and oxygen atoms in total. The normalized spacial score (nSPS) is 14.8. The first kappa shape index (κ1) is 19.3. The van der Waals surface area contributed by atoms with Gasteiger partial charge in [-0.05, 0) is 47.0 Å². The number of amides is 2. The molecule has 0 saturated carbocycles. The third-order valence-corrected chi connectivity index (χ3v) is 4.98. The Bertz CT molecular complexity index is 907. The van der Waals surface area contributed by atoms with Gasteiger partial charge in [-0.2, -0.15) is 0 Å². The summed E-state index contributed by atoms with van der Waals surface area (Å²) in [5, 5.41) is 2.90. The minimum absolute atomic E-state index is 0.0629. The van der Waals surface area contributed by atoms with E-state index in [9.17, 15) is 18.8 Å². The van der Waals surface area contributed by atoms with Crippen LogP contribution >= 0.6 is 15.9 Å². The van der Waals surface area contributed by atoms with Gasteiger partial charge in [-0.1, -0.05) is 12.1 Å². The number of nitrogens with one attached hydrogen (secondary N) is 1. The Kier molecular flexibility index (Phi) is 6.05. The van der Waals surface area contributed by atoms with Crippen LogP contribution < -0.4 is 10.9 Å². The van der Waals surface area contributed by atoms with Crippen LogP contribution in [0, 0.1) is 5.82 Å². The zero-order chi connectivity index (χ0) is 19.4. The SMILES string of the molecule is O=C(Cn1cc(Br)ccc1=O)NC1CCN(C(=O)c2ccccc2F)CC1. The van der Waals surface area contributed by atoms with Gasteiger partial charge in [-0.3, -0.25) is 14.4 Å². The van der Waals surface area contributed by atoms with Crippen LogP contribution in [0.15, 0.2) is 51.9 Å². The fourth-order valence-electron chi connectivity index (χ4n) is 3.09. The van der Waals surface area contributed by atoms with Crippen LogP contribution in [-0.2, 0) is 11.3 Å². The van der Waals surface area contributed by atoms with Gasteiger partial charge in [0.2, 0.25) is 5.91 Å². The highest BCUT2D eigenvalue weighted by atomic mass is 79.9. The molecule has 2 aromatic rings. The summed E-state index contributed by atoms with van der Waals surface area (Å²) < 4.78 is 15.8. The molecule has 2 amide bonds. The second-order valence-electron chi connectivity index (χ2n) is 6.43. The van der Waals surface area contributed by atoms with Crippen molar-refractivity contribution in [2.45, 2.75) is 25.4 Å². The predicted molar refractivity (Wildman–Crippen MR) is 102 cm³/mol. The van der Waals surface area contributed by atoms with Crippen molar-refractivity contribution in [1.29, 1.82) is 0 Å². The molecular formula is C19H19BrFN3O3. The molecule has 1 aliphatic heterocycles. The van der Waals surface area contributed by atoms with Gasteiger partial charge in [0.1, 0.15) is 12.4 Å². The number of benzene rings is 1. The number of hydrogen-bond acceptors (Lipinski definition) is 3. The molecule has 1 fully saturated rings. The Morgan fingerprint density at radius 2 is 1.85 bits per heavy atom. The lowest BCUT2D eigenvalue weighted by Crippen LogP contribution is -2.47. The van der Waals surface area contributed by atoms with E-state index in [0.29, 0.717) is 25.9 Å². The molecular weight excluding hydrogens is 417 g/mol. The summed E-state index contributed by atoms with van der Waals surface area (Å²) in [5.74, 6) is -1.12. The van der Waals surface area contributed by atoms with Crippen LogP contribution in [0.2, 0.25) is 0 Å². The standard InChI is InChI=1S/C19H19BrFN3O3/c20-13-5-6-18(26)24(11-13)12-17(25)22-14-7-9-23(10-8-14)19(27)15-3-1-2-4-16(15)21/h1-6,11,14H,7-10,12H2,(H,22,25). The topological polar surface area (TPSA) is 71.4 Å². The Balaban J connectivity index is 1.53. The highest BCUT2D eigenvalue weighted by molar-refractivity contribution is 9.10. The number of likely N-dealkylation sites (tertiary alicyclic amines) is 1. The molecule has 1 aliphatic rings. The van der Waals surface area contributed by atoms with E-state index in [1.54, 1.807) is 29.3 Å². The molecule has 0 atom stereocenters. The van der Waals surface area contributed by atoms with Crippen LogP contribution in [0.25, 0.3) is 0 Å². The number of hydrogen-bond donors (Lipinski definition) is 1. The van der Waals surface area contributed by atoms with E-state index < -0.39 is 5.82 Å². The van der Waals surface area contributed by atoms with Crippen LogP contribution in [0.3, 0.4) is 0 Å². The molecule has 8 heteroatoms.